The maximum absolute atomic E-state index is 13.4. The Bertz CT molecular complexity index is 1240. The number of hydrogen-bond donors (Lipinski definition) is 1. The number of carbonyl (C=O) groups excluding carboxylic acids is 1. The number of amides is 1. The zero-order valence-corrected chi connectivity index (χ0v) is 19.7. The molecule has 5 nitrogen and oxygen atoms in total. The number of nitrogens with zero attached hydrogens (tertiary/aromatic N) is 2. The van der Waals surface area contributed by atoms with Gasteiger partial charge in [-0.3, -0.25) is 14.3 Å². The van der Waals surface area contributed by atoms with Crippen LogP contribution < -0.4 is 10.7 Å². The number of hydrogen-bond acceptors (Lipinski definition) is 3. The molecule has 1 aliphatic carbocycles. The summed E-state index contributed by atoms with van der Waals surface area (Å²) in [7, 11) is 0. The largest absolute Gasteiger partial charge is 0.346 e. The van der Waals surface area contributed by atoms with E-state index in [1.807, 2.05) is 24.3 Å². The number of aryl methyl sites for hydroxylation is 1. The minimum absolute atomic E-state index is 0.0261. The minimum Gasteiger partial charge on any atom is -0.346 e. The van der Waals surface area contributed by atoms with Crippen molar-refractivity contribution in [3.05, 3.63) is 97.1 Å². The highest BCUT2D eigenvalue weighted by Crippen LogP contribution is 2.42. The van der Waals surface area contributed by atoms with Crippen LogP contribution in [0.25, 0.3) is 0 Å². The summed E-state index contributed by atoms with van der Waals surface area (Å²) in [4.78, 5) is 25.5. The summed E-state index contributed by atoms with van der Waals surface area (Å²) in [6.07, 6.45) is 5.91. The molecule has 33 heavy (non-hydrogen) atoms. The smallest absolute Gasteiger partial charge is 0.276 e. The molecule has 0 aliphatic heterocycles. The Morgan fingerprint density at radius 1 is 1.15 bits per heavy atom. The van der Waals surface area contributed by atoms with Crippen LogP contribution in [-0.2, 0) is 18.5 Å². The highest BCUT2D eigenvalue weighted by Gasteiger charge is 2.36. The monoisotopic (exact) mass is 487 g/mol. The van der Waals surface area contributed by atoms with Crippen molar-refractivity contribution in [3.8, 4) is 0 Å². The Morgan fingerprint density at radius 2 is 1.85 bits per heavy atom. The third-order valence-electron chi connectivity index (χ3n) is 6.28. The topological polar surface area (TPSA) is 64.0 Å². The van der Waals surface area contributed by atoms with Crippen molar-refractivity contribution in [2.45, 2.75) is 51.1 Å². The highest BCUT2D eigenvalue weighted by atomic mass is 35.5. The Kier molecular flexibility index (Phi) is 6.86. The van der Waals surface area contributed by atoms with Crippen LogP contribution in [0.2, 0.25) is 10.0 Å². The SMILES string of the molecule is Cc1cn(CC2(c3ccc(Cl)cc3)CCCC2)nc(C(=O)NCc2ccc(F)c(Cl)c2)c1=O. The molecule has 1 saturated carbocycles. The number of benzene rings is 2. The first-order valence-electron chi connectivity index (χ1n) is 10.8. The van der Waals surface area contributed by atoms with E-state index in [1.165, 1.54) is 23.8 Å². The molecule has 1 fully saturated rings. The zero-order chi connectivity index (χ0) is 23.6. The molecular formula is C25H24Cl2FN3O2. The highest BCUT2D eigenvalue weighted by molar-refractivity contribution is 6.31. The average molecular weight is 488 g/mol. The quantitative estimate of drug-likeness (QED) is 0.503. The molecule has 4 rings (SSSR count). The summed E-state index contributed by atoms with van der Waals surface area (Å²) in [5.74, 6) is -1.11. The first-order chi connectivity index (χ1) is 15.8. The van der Waals surface area contributed by atoms with Gasteiger partial charge in [0, 0.05) is 28.7 Å². The number of carbonyl (C=O) groups is 1. The van der Waals surface area contributed by atoms with Crippen LogP contribution in [0.5, 0.6) is 0 Å². The lowest BCUT2D eigenvalue weighted by molar-refractivity contribution is 0.0941. The predicted molar refractivity (Wildman–Crippen MR) is 127 cm³/mol. The number of halogens is 3. The molecule has 0 unspecified atom stereocenters. The van der Waals surface area contributed by atoms with Crippen molar-refractivity contribution in [3.63, 3.8) is 0 Å². The molecule has 0 bridgehead atoms. The Labute approximate surface area is 201 Å². The molecule has 8 heteroatoms. The fraction of sp³-hybridized carbons (Fsp3) is 0.320. The third-order valence-corrected chi connectivity index (χ3v) is 6.82. The number of nitrogens with one attached hydrogen (secondary N) is 1. The molecular weight excluding hydrogens is 464 g/mol. The second-order valence-corrected chi connectivity index (χ2v) is 9.46. The first-order valence-corrected chi connectivity index (χ1v) is 11.6. The molecule has 0 saturated heterocycles. The lowest BCUT2D eigenvalue weighted by Crippen LogP contribution is -2.35. The molecule has 0 atom stereocenters. The fourth-order valence-electron chi connectivity index (χ4n) is 4.52. The zero-order valence-electron chi connectivity index (χ0n) is 18.2. The van der Waals surface area contributed by atoms with Gasteiger partial charge >= 0.3 is 0 Å². The van der Waals surface area contributed by atoms with E-state index in [9.17, 15) is 14.0 Å². The van der Waals surface area contributed by atoms with Gasteiger partial charge in [-0.25, -0.2) is 4.39 Å². The molecule has 1 heterocycles. The summed E-state index contributed by atoms with van der Waals surface area (Å²) in [5.41, 5.74) is 1.55. The van der Waals surface area contributed by atoms with Crippen molar-refractivity contribution >= 4 is 29.1 Å². The van der Waals surface area contributed by atoms with E-state index in [0.717, 1.165) is 25.7 Å². The second kappa shape index (κ2) is 9.65. The van der Waals surface area contributed by atoms with Crippen molar-refractivity contribution in [1.29, 1.82) is 0 Å². The van der Waals surface area contributed by atoms with Crippen molar-refractivity contribution in [1.82, 2.24) is 15.1 Å². The molecule has 1 amide bonds. The standard InChI is InChI=1S/C25H24Cl2FN3O2/c1-16-14-31(15-25(10-2-3-11-25)18-5-7-19(26)8-6-18)30-22(23(16)32)24(33)29-13-17-4-9-21(28)20(27)12-17/h4-9,12,14H,2-3,10-11,13,15H2,1H3,(H,29,33). The van der Waals surface area contributed by atoms with Crippen LogP contribution in [0.15, 0.2) is 53.5 Å². The van der Waals surface area contributed by atoms with Gasteiger partial charge in [-0.2, -0.15) is 5.10 Å². The van der Waals surface area contributed by atoms with Gasteiger partial charge in [0.15, 0.2) is 5.69 Å². The second-order valence-electron chi connectivity index (χ2n) is 8.61. The summed E-state index contributed by atoms with van der Waals surface area (Å²) in [6, 6.07) is 12.1. The average Bonchev–Trinajstić information content (AvgIpc) is 3.26. The van der Waals surface area contributed by atoms with E-state index >= 15 is 0 Å². The number of aromatic nitrogens is 2. The van der Waals surface area contributed by atoms with Crippen LogP contribution in [0.4, 0.5) is 4.39 Å². The van der Waals surface area contributed by atoms with Gasteiger partial charge in [0.1, 0.15) is 5.82 Å². The van der Waals surface area contributed by atoms with Gasteiger partial charge in [-0.15, -0.1) is 0 Å². The van der Waals surface area contributed by atoms with Crippen molar-refractivity contribution in [2.75, 3.05) is 0 Å². The van der Waals surface area contributed by atoms with Gasteiger partial charge < -0.3 is 5.32 Å². The molecule has 1 aromatic heterocycles. The Balaban J connectivity index is 1.58. The van der Waals surface area contributed by atoms with Gasteiger partial charge in [0.2, 0.25) is 5.43 Å². The summed E-state index contributed by atoms with van der Waals surface area (Å²) in [6.45, 7) is 2.34. The van der Waals surface area contributed by atoms with E-state index in [4.69, 9.17) is 23.2 Å². The molecule has 3 aromatic rings. The Morgan fingerprint density at radius 3 is 2.52 bits per heavy atom. The summed E-state index contributed by atoms with van der Waals surface area (Å²) >= 11 is 11.9. The summed E-state index contributed by atoms with van der Waals surface area (Å²) < 4.78 is 15.1. The van der Waals surface area contributed by atoms with Gasteiger partial charge in [-0.1, -0.05) is 54.2 Å². The third kappa shape index (κ3) is 5.12. The number of rotatable bonds is 6. The molecule has 1 N–H and O–H groups in total. The lowest BCUT2D eigenvalue weighted by Gasteiger charge is -2.30. The minimum atomic E-state index is -0.579. The van der Waals surface area contributed by atoms with E-state index in [-0.39, 0.29) is 22.7 Å². The van der Waals surface area contributed by atoms with Crippen molar-refractivity contribution in [2.24, 2.45) is 0 Å². The van der Waals surface area contributed by atoms with Gasteiger partial charge in [0.05, 0.1) is 11.6 Å². The molecule has 0 radical (unpaired) electrons. The Hall–Kier alpha value is -2.70. The van der Waals surface area contributed by atoms with Crippen molar-refractivity contribution < 1.29 is 9.18 Å². The van der Waals surface area contributed by atoms with Crippen LogP contribution in [0, 0.1) is 12.7 Å². The maximum Gasteiger partial charge on any atom is 0.276 e. The lowest BCUT2D eigenvalue weighted by atomic mass is 9.79. The molecule has 172 valence electrons. The molecule has 2 aromatic carbocycles. The van der Waals surface area contributed by atoms with Crippen LogP contribution in [0.1, 0.15) is 52.9 Å². The summed E-state index contributed by atoms with van der Waals surface area (Å²) in [5, 5.41) is 7.76. The van der Waals surface area contributed by atoms with Gasteiger partial charge in [0.25, 0.3) is 5.91 Å². The molecule has 1 aliphatic rings. The van der Waals surface area contributed by atoms with E-state index < -0.39 is 17.2 Å². The first kappa shape index (κ1) is 23.5. The fourth-order valence-corrected chi connectivity index (χ4v) is 4.85. The van der Waals surface area contributed by atoms with E-state index in [2.05, 4.69) is 10.4 Å². The van der Waals surface area contributed by atoms with E-state index in [1.54, 1.807) is 17.8 Å². The predicted octanol–water partition coefficient (Wildman–Crippen LogP) is 5.44. The van der Waals surface area contributed by atoms with Gasteiger partial charge in [-0.05, 0) is 55.2 Å². The van der Waals surface area contributed by atoms with Crippen LogP contribution in [-0.4, -0.2) is 15.7 Å². The van der Waals surface area contributed by atoms with Crippen LogP contribution in [0.3, 0.4) is 0 Å². The van der Waals surface area contributed by atoms with Crippen LogP contribution >= 0.6 is 23.2 Å². The normalized spacial score (nSPS) is 14.9. The molecule has 0 spiro atoms. The van der Waals surface area contributed by atoms with E-state index in [0.29, 0.717) is 22.7 Å². The maximum atomic E-state index is 13.4.